The molecule has 0 radical (unpaired) electrons. The predicted molar refractivity (Wildman–Crippen MR) is 128 cm³/mol. The van der Waals surface area contributed by atoms with Crippen molar-refractivity contribution in [2.24, 2.45) is 5.92 Å². The van der Waals surface area contributed by atoms with E-state index in [0.717, 1.165) is 11.1 Å². The van der Waals surface area contributed by atoms with E-state index in [9.17, 15) is 24.3 Å². The number of carboxylic acids is 1. The number of hydrogen-bond acceptors (Lipinski definition) is 4. The van der Waals surface area contributed by atoms with Crippen molar-refractivity contribution in [2.45, 2.75) is 19.3 Å². The Hall–Kier alpha value is -3.77. The number of nitrogens with zero attached hydrogens (tertiary/aromatic N) is 1. The molecule has 1 aliphatic heterocycles. The van der Waals surface area contributed by atoms with Gasteiger partial charge in [0.1, 0.15) is 0 Å². The van der Waals surface area contributed by atoms with Crippen LogP contribution in [0.1, 0.15) is 53.1 Å². The number of Topliss-reactive ketones (excluding diaryl/α,β-unsaturated/α-hetero) is 1. The molecule has 2 amide bonds. The van der Waals surface area contributed by atoms with Crippen molar-refractivity contribution < 1.29 is 27.0 Å². The van der Waals surface area contributed by atoms with E-state index < -0.39 is 42.4 Å². The number of ketones is 1. The van der Waals surface area contributed by atoms with Crippen molar-refractivity contribution >= 4 is 35.2 Å². The topological polar surface area (TPSA) is 91.8 Å². The molecule has 1 N–H and O–H groups in total. The van der Waals surface area contributed by atoms with Gasteiger partial charge in [-0.15, -0.1) is 0 Å². The summed E-state index contributed by atoms with van der Waals surface area (Å²) in [6.07, 6.45) is -0.990. The number of rotatable bonds is 9. The maximum absolute atomic E-state index is 12.8. The average molecular weight is 478 g/mol. The van der Waals surface area contributed by atoms with Gasteiger partial charge in [-0.3, -0.25) is 24.1 Å². The standard InChI is InChI=1S/C27H22ClNO5/c28-21-13-11-18(12-14-21)17-7-9-19(10-8-17)24(30)16-20(27(33)34)4-3-15-29-25(31)22-5-1-2-6-23(22)26(29)32/h1-2,5-14,20H,3-4,15-16H2,(H,33,34)/i15D2. The fourth-order valence-corrected chi connectivity index (χ4v) is 3.95. The summed E-state index contributed by atoms with van der Waals surface area (Å²) >= 11 is 5.91. The third-order valence-corrected chi connectivity index (χ3v) is 5.97. The lowest BCUT2D eigenvalue weighted by atomic mass is 9.93. The second-order valence-electron chi connectivity index (χ2n) is 7.93. The normalized spacial score (nSPS) is 14.9. The smallest absolute Gasteiger partial charge is 0.306 e. The van der Waals surface area contributed by atoms with Gasteiger partial charge < -0.3 is 5.11 Å². The maximum atomic E-state index is 12.8. The Morgan fingerprint density at radius 3 is 1.94 bits per heavy atom. The summed E-state index contributed by atoms with van der Waals surface area (Å²) in [5.41, 5.74) is 2.34. The van der Waals surface area contributed by atoms with Gasteiger partial charge in [-0.1, -0.05) is 60.1 Å². The number of hydrogen-bond donors (Lipinski definition) is 1. The number of carboxylic acid groups (broad SMARTS) is 1. The lowest BCUT2D eigenvalue weighted by Crippen LogP contribution is -2.31. The van der Waals surface area contributed by atoms with Gasteiger partial charge in [0.25, 0.3) is 11.8 Å². The summed E-state index contributed by atoms with van der Waals surface area (Å²) in [6, 6.07) is 20.0. The molecule has 172 valence electrons. The first kappa shape index (κ1) is 20.8. The Morgan fingerprint density at radius 2 is 1.41 bits per heavy atom. The third kappa shape index (κ3) is 4.92. The molecule has 3 aromatic carbocycles. The van der Waals surface area contributed by atoms with Crippen molar-refractivity contribution in [3.8, 4) is 11.1 Å². The SMILES string of the molecule is [2H]C([2H])(CCC(CC(=O)c1ccc(-c2ccc(Cl)cc2)cc1)C(=O)O)N1C(=O)c2ccccc2C1=O. The highest BCUT2D eigenvalue weighted by atomic mass is 35.5. The number of aliphatic carboxylic acids is 1. The zero-order valence-electron chi connectivity index (χ0n) is 20.0. The quantitative estimate of drug-likeness (QED) is 0.331. The van der Waals surface area contributed by atoms with Crippen LogP contribution in [0.4, 0.5) is 0 Å². The van der Waals surface area contributed by atoms with Gasteiger partial charge in [-0.25, -0.2) is 0 Å². The van der Waals surface area contributed by atoms with Crippen LogP contribution in [0.15, 0.2) is 72.8 Å². The molecule has 1 heterocycles. The van der Waals surface area contributed by atoms with Crippen LogP contribution < -0.4 is 0 Å². The monoisotopic (exact) mass is 477 g/mol. The van der Waals surface area contributed by atoms with Gasteiger partial charge in [0.05, 0.1) is 17.0 Å². The van der Waals surface area contributed by atoms with E-state index in [1.165, 1.54) is 12.1 Å². The number of imide groups is 1. The molecular weight excluding hydrogens is 454 g/mol. The van der Waals surface area contributed by atoms with E-state index in [4.69, 9.17) is 14.3 Å². The molecule has 1 aliphatic rings. The number of amides is 2. The Labute approximate surface area is 204 Å². The van der Waals surface area contributed by atoms with Crippen LogP contribution in [0.2, 0.25) is 5.02 Å². The summed E-state index contributed by atoms with van der Waals surface area (Å²) < 4.78 is 16.6. The van der Waals surface area contributed by atoms with E-state index >= 15 is 0 Å². The van der Waals surface area contributed by atoms with Crippen molar-refractivity contribution in [1.29, 1.82) is 0 Å². The van der Waals surface area contributed by atoms with Crippen molar-refractivity contribution in [3.63, 3.8) is 0 Å². The molecule has 0 bridgehead atoms. The highest BCUT2D eigenvalue weighted by molar-refractivity contribution is 6.30. The maximum Gasteiger partial charge on any atom is 0.306 e. The Kier molecular flexibility index (Phi) is 6.13. The van der Waals surface area contributed by atoms with Crippen LogP contribution in [0.5, 0.6) is 0 Å². The zero-order valence-corrected chi connectivity index (χ0v) is 18.8. The molecule has 0 spiro atoms. The van der Waals surface area contributed by atoms with E-state index in [1.54, 1.807) is 48.5 Å². The van der Waals surface area contributed by atoms with Crippen LogP contribution in [0.3, 0.4) is 0 Å². The molecule has 6 nitrogen and oxygen atoms in total. The predicted octanol–water partition coefficient (Wildman–Crippen LogP) is 5.36. The van der Waals surface area contributed by atoms with Crippen LogP contribution in [-0.2, 0) is 4.79 Å². The lowest BCUT2D eigenvalue weighted by molar-refractivity contribution is -0.141. The largest absolute Gasteiger partial charge is 0.481 e. The first-order chi connectivity index (χ1) is 17.1. The molecule has 0 fully saturated rings. The van der Waals surface area contributed by atoms with Crippen LogP contribution in [-0.4, -0.2) is 40.1 Å². The number of carbonyl (C=O) groups excluding carboxylic acids is 3. The highest BCUT2D eigenvalue weighted by Gasteiger charge is 2.35. The lowest BCUT2D eigenvalue weighted by Gasteiger charge is -2.16. The number of benzene rings is 3. The average Bonchev–Trinajstić information content (AvgIpc) is 3.12. The van der Waals surface area contributed by atoms with E-state index in [-0.39, 0.29) is 24.0 Å². The third-order valence-electron chi connectivity index (χ3n) is 5.72. The molecule has 0 aromatic heterocycles. The van der Waals surface area contributed by atoms with E-state index in [0.29, 0.717) is 15.5 Å². The van der Waals surface area contributed by atoms with Gasteiger partial charge in [0, 0.05) is 26.2 Å². The van der Waals surface area contributed by atoms with Crippen LogP contribution in [0, 0.1) is 5.92 Å². The first-order valence-electron chi connectivity index (χ1n) is 11.7. The molecule has 0 saturated heterocycles. The van der Waals surface area contributed by atoms with Crippen molar-refractivity contribution in [2.75, 3.05) is 6.50 Å². The Balaban J connectivity index is 1.42. The van der Waals surface area contributed by atoms with Gasteiger partial charge in [-0.2, -0.15) is 0 Å². The summed E-state index contributed by atoms with van der Waals surface area (Å²) in [4.78, 5) is 50.4. The number of carbonyl (C=O) groups is 4. The minimum absolute atomic E-state index is 0.110. The number of fused-ring (bicyclic) bond motifs is 1. The fourth-order valence-electron chi connectivity index (χ4n) is 3.83. The second kappa shape index (κ2) is 10.0. The molecule has 3 aromatic rings. The minimum Gasteiger partial charge on any atom is -0.481 e. The summed E-state index contributed by atoms with van der Waals surface area (Å²) in [5.74, 6) is -4.35. The Morgan fingerprint density at radius 1 is 0.882 bits per heavy atom. The summed E-state index contributed by atoms with van der Waals surface area (Å²) in [7, 11) is 0. The number of halogens is 1. The molecule has 1 unspecified atom stereocenters. The van der Waals surface area contributed by atoms with E-state index in [2.05, 4.69) is 0 Å². The highest BCUT2D eigenvalue weighted by Crippen LogP contribution is 2.25. The molecule has 4 rings (SSSR count). The van der Waals surface area contributed by atoms with Crippen LogP contribution >= 0.6 is 11.6 Å². The van der Waals surface area contributed by atoms with Crippen molar-refractivity contribution in [1.82, 2.24) is 4.90 Å². The summed E-state index contributed by atoms with van der Waals surface area (Å²) in [6.45, 7) is -2.41. The van der Waals surface area contributed by atoms with Crippen LogP contribution in [0.25, 0.3) is 11.1 Å². The molecule has 0 saturated carbocycles. The summed E-state index contributed by atoms with van der Waals surface area (Å²) in [5, 5.41) is 10.3. The van der Waals surface area contributed by atoms with Gasteiger partial charge in [-0.05, 0) is 48.2 Å². The molecule has 7 heteroatoms. The molecule has 1 atom stereocenters. The second-order valence-corrected chi connectivity index (χ2v) is 8.37. The first-order valence-corrected chi connectivity index (χ1v) is 11.1. The fraction of sp³-hybridized carbons (Fsp3) is 0.185. The zero-order chi connectivity index (χ0) is 26.0. The molecular formula is C27H22ClNO5. The minimum atomic E-state index is -2.41. The molecule has 34 heavy (non-hydrogen) atoms. The van der Waals surface area contributed by atoms with Gasteiger partial charge in [0.2, 0.25) is 0 Å². The van der Waals surface area contributed by atoms with Gasteiger partial charge in [0.15, 0.2) is 5.78 Å². The van der Waals surface area contributed by atoms with Crippen molar-refractivity contribution in [3.05, 3.63) is 94.5 Å². The van der Waals surface area contributed by atoms with Gasteiger partial charge >= 0.3 is 5.97 Å². The Bertz CT molecular complexity index is 1300. The molecule has 0 aliphatic carbocycles. The van der Waals surface area contributed by atoms with E-state index in [1.807, 2.05) is 12.1 Å².